The van der Waals surface area contributed by atoms with Crippen LogP contribution in [0, 0.1) is 5.82 Å². The fourth-order valence-electron chi connectivity index (χ4n) is 4.82. The summed E-state index contributed by atoms with van der Waals surface area (Å²) in [5.74, 6) is 0.186. The number of ether oxygens (including phenoxy) is 3. The van der Waals surface area contributed by atoms with Crippen LogP contribution >= 0.6 is 27.5 Å². The van der Waals surface area contributed by atoms with Crippen molar-refractivity contribution in [2.45, 2.75) is 6.92 Å². The second-order valence-corrected chi connectivity index (χ2v) is 11.1. The number of aromatic nitrogens is 2. The lowest BCUT2D eigenvalue weighted by atomic mass is 10.2. The van der Waals surface area contributed by atoms with Crippen molar-refractivity contribution in [1.29, 1.82) is 0 Å². The molecular formula is C34H25BrClFN4O6. The van der Waals surface area contributed by atoms with E-state index in [1.165, 1.54) is 24.4 Å². The van der Waals surface area contributed by atoms with Crippen LogP contribution in [0.25, 0.3) is 33.5 Å². The Labute approximate surface area is 280 Å². The second-order valence-electron chi connectivity index (χ2n) is 9.97. The van der Waals surface area contributed by atoms with Gasteiger partial charge in [0.05, 0.1) is 41.9 Å². The molecule has 2 heterocycles. The lowest BCUT2D eigenvalue weighted by Gasteiger charge is -2.16. The molecule has 0 radical (unpaired) electrons. The first-order valence-electron chi connectivity index (χ1n) is 14.2. The Bertz CT molecular complexity index is 2240. The molecule has 0 bridgehead atoms. The number of furan rings is 1. The molecular weight excluding hydrogens is 695 g/mol. The maximum atomic E-state index is 14.0. The Hall–Kier alpha value is -5.20. The van der Waals surface area contributed by atoms with Crippen LogP contribution in [0.5, 0.6) is 17.2 Å². The van der Waals surface area contributed by atoms with Crippen molar-refractivity contribution in [3.05, 3.63) is 110 Å². The van der Waals surface area contributed by atoms with Crippen LogP contribution in [0.2, 0.25) is 5.02 Å². The highest BCUT2D eigenvalue weighted by molar-refractivity contribution is 9.10. The van der Waals surface area contributed by atoms with Crippen molar-refractivity contribution in [2.24, 2.45) is 5.10 Å². The number of methoxy groups -OCH3 is 1. The molecule has 1 amide bonds. The molecule has 1 N–H and O–H groups in total. The first-order valence-corrected chi connectivity index (χ1v) is 15.4. The largest absolute Gasteiger partial charge is 0.496 e. The molecule has 10 nitrogen and oxygen atoms in total. The number of rotatable bonds is 10. The number of hydrogen-bond acceptors (Lipinski definition) is 8. The van der Waals surface area contributed by atoms with Crippen molar-refractivity contribution >= 4 is 67.2 Å². The summed E-state index contributed by atoms with van der Waals surface area (Å²) in [6, 6.07) is 21.4. The van der Waals surface area contributed by atoms with E-state index in [1.54, 1.807) is 74.7 Å². The fourth-order valence-corrected chi connectivity index (χ4v) is 5.47. The van der Waals surface area contributed by atoms with E-state index < -0.39 is 23.9 Å². The molecule has 0 spiro atoms. The Balaban J connectivity index is 1.38. The molecule has 0 saturated heterocycles. The van der Waals surface area contributed by atoms with E-state index in [0.717, 1.165) is 4.68 Å². The zero-order chi connectivity index (χ0) is 33.1. The number of anilines is 1. The molecule has 0 saturated carbocycles. The predicted octanol–water partition coefficient (Wildman–Crippen LogP) is 7.67. The standard InChI is InChI=1S/C34H25BrClFN4O6/c1-3-45-27-15-19(30(35)31(36)32(27)46-18-29(42)39-24-12-7-5-10-22(24)37)17-38-41-33(40-23-11-6-4-9-20(23)34(41)43)28-16-21-25(44-2)13-8-14-26(21)47-28/h4-17H,3,18H2,1-2H3,(H,39,42). The van der Waals surface area contributed by atoms with Crippen LogP contribution in [0.4, 0.5) is 10.1 Å². The van der Waals surface area contributed by atoms with E-state index in [-0.39, 0.29) is 34.6 Å². The highest BCUT2D eigenvalue weighted by Gasteiger charge is 2.21. The van der Waals surface area contributed by atoms with Gasteiger partial charge in [0.15, 0.2) is 23.9 Å². The van der Waals surface area contributed by atoms with E-state index in [2.05, 4.69) is 26.3 Å². The molecule has 0 aliphatic carbocycles. The van der Waals surface area contributed by atoms with Crippen molar-refractivity contribution in [3.63, 3.8) is 0 Å². The Kier molecular flexibility index (Phi) is 9.23. The van der Waals surface area contributed by atoms with Crippen LogP contribution in [0.15, 0.2) is 97.6 Å². The van der Waals surface area contributed by atoms with Gasteiger partial charge in [-0.25, -0.2) is 9.37 Å². The molecule has 13 heteroatoms. The van der Waals surface area contributed by atoms with Crippen LogP contribution in [0.1, 0.15) is 12.5 Å². The first kappa shape index (κ1) is 31.8. The summed E-state index contributed by atoms with van der Waals surface area (Å²) < 4.78 is 38.6. The molecule has 6 aromatic rings. The van der Waals surface area contributed by atoms with Crippen molar-refractivity contribution in [1.82, 2.24) is 9.66 Å². The van der Waals surface area contributed by atoms with Gasteiger partial charge >= 0.3 is 0 Å². The molecule has 6 rings (SSSR count). The summed E-state index contributed by atoms with van der Waals surface area (Å²) in [4.78, 5) is 31.0. The number of hydrogen-bond donors (Lipinski definition) is 1. The molecule has 2 aromatic heterocycles. The SMILES string of the molecule is CCOc1cc(C=Nn2c(-c3cc4c(OC)cccc4o3)nc3ccccc3c2=O)c(Br)c(Cl)c1OCC(=O)Nc1ccccc1F. The van der Waals surface area contributed by atoms with Gasteiger partial charge in [-0.1, -0.05) is 41.9 Å². The number of nitrogens with one attached hydrogen (secondary N) is 1. The quantitative estimate of drug-likeness (QED) is 0.145. The summed E-state index contributed by atoms with van der Waals surface area (Å²) in [5.41, 5.74) is 1.03. The van der Waals surface area contributed by atoms with Gasteiger partial charge < -0.3 is 23.9 Å². The average Bonchev–Trinajstić information content (AvgIpc) is 3.52. The minimum absolute atomic E-state index is 0.0181. The molecule has 47 heavy (non-hydrogen) atoms. The average molecular weight is 720 g/mol. The molecule has 4 aromatic carbocycles. The summed E-state index contributed by atoms with van der Waals surface area (Å²) in [6.07, 6.45) is 1.41. The number of halogens is 3. The molecule has 0 aliphatic heterocycles. The molecule has 0 unspecified atom stereocenters. The van der Waals surface area contributed by atoms with E-state index in [9.17, 15) is 14.0 Å². The molecule has 0 atom stereocenters. The second kappa shape index (κ2) is 13.7. The van der Waals surface area contributed by atoms with Gasteiger partial charge in [-0.2, -0.15) is 9.78 Å². The molecule has 238 valence electrons. The monoisotopic (exact) mass is 718 g/mol. The predicted molar refractivity (Wildman–Crippen MR) is 182 cm³/mol. The number of carbonyl (C=O) groups is 1. The van der Waals surface area contributed by atoms with Crippen molar-refractivity contribution in [2.75, 3.05) is 25.6 Å². The maximum absolute atomic E-state index is 14.0. The Morgan fingerprint density at radius 1 is 1.06 bits per heavy atom. The number of amides is 1. The van der Waals surface area contributed by atoms with Crippen molar-refractivity contribution in [3.8, 4) is 28.8 Å². The number of carbonyl (C=O) groups excluding carboxylic acids is 1. The summed E-state index contributed by atoms with van der Waals surface area (Å²) >= 11 is 10.2. The number of benzene rings is 4. The fraction of sp³-hybridized carbons (Fsp3) is 0.118. The van der Waals surface area contributed by atoms with Gasteiger partial charge in [0, 0.05) is 10.0 Å². The highest BCUT2D eigenvalue weighted by Crippen LogP contribution is 2.42. The van der Waals surface area contributed by atoms with Gasteiger partial charge in [-0.15, -0.1) is 0 Å². The lowest BCUT2D eigenvalue weighted by Crippen LogP contribution is -2.21. The topological polar surface area (TPSA) is 117 Å². The number of para-hydroxylation sites is 2. The van der Waals surface area contributed by atoms with Gasteiger partial charge in [-0.3, -0.25) is 9.59 Å². The third-order valence-corrected chi connectivity index (χ3v) is 8.42. The zero-order valence-electron chi connectivity index (χ0n) is 24.9. The van der Waals surface area contributed by atoms with Crippen LogP contribution in [-0.4, -0.2) is 42.1 Å². The minimum Gasteiger partial charge on any atom is -0.496 e. The lowest BCUT2D eigenvalue weighted by molar-refractivity contribution is -0.118. The van der Waals surface area contributed by atoms with Crippen molar-refractivity contribution < 1.29 is 27.8 Å². The van der Waals surface area contributed by atoms with Crippen LogP contribution < -0.4 is 25.1 Å². The maximum Gasteiger partial charge on any atom is 0.282 e. The van der Waals surface area contributed by atoms with E-state index >= 15 is 0 Å². The third kappa shape index (κ3) is 6.42. The summed E-state index contributed by atoms with van der Waals surface area (Å²) in [5, 5.41) is 8.12. The number of nitrogens with zero attached hydrogens (tertiary/aromatic N) is 3. The minimum atomic E-state index is -0.603. The molecule has 0 aliphatic rings. The van der Waals surface area contributed by atoms with E-state index in [1.807, 2.05) is 0 Å². The van der Waals surface area contributed by atoms with Gasteiger partial charge in [0.1, 0.15) is 22.2 Å². The van der Waals surface area contributed by atoms with Crippen LogP contribution in [0.3, 0.4) is 0 Å². The smallest absolute Gasteiger partial charge is 0.282 e. The highest BCUT2D eigenvalue weighted by atomic mass is 79.9. The Morgan fingerprint density at radius 2 is 1.85 bits per heavy atom. The van der Waals surface area contributed by atoms with E-state index in [0.29, 0.717) is 43.4 Å². The van der Waals surface area contributed by atoms with Gasteiger partial charge in [0.2, 0.25) is 5.82 Å². The first-order chi connectivity index (χ1) is 22.8. The van der Waals surface area contributed by atoms with Crippen LogP contribution in [-0.2, 0) is 4.79 Å². The zero-order valence-corrected chi connectivity index (χ0v) is 27.3. The van der Waals surface area contributed by atoms with Gasteiger partial charge in [-0.05, 0) is 71.4 Å². The summed E-state index contributed by atoms with van der Waals surface area (Å²) in [7, 11) is 1.56. The van der Waals surface area contributed by atoms with E-state index in [4.69, 9.17) is 35.2 Å². The Morgan fingerprint density at radius 3 is 2.64 bits per heavy atom. The molecule has 0 fully saturated rings. The third-order valence-electron chi connectivity index (χ3n) is 6.98. The number of fused-ring (bicyclic) bond motifs is 2. The van der Waals surface area contributed by atoms with Gasteiger partial charge in [0.25, 0.3) is 11.5 Å². The summed E-state index contributed by atoms with van der Waals surface area (Å²) in [6.45, 7) is 1.55. The normalized spacial score (nSPS) is 11.3.